The van der Waals surface area contributed by atoms with Crippen LogP contribution in [0.15, 0.2) is 0 Å². The maximum Gasteiger partial charge on any atom is 2.00 e. The van der Waals surface area contributed by atoms with Gasteiger partial charge in [-0.1, -0.05) is 6.92 Å². The summed E-state index contributed by atoms with van der Waals surface area (Å²) < 4.78 is 0. The molecule has 78 valence electrons. The van der Waals surface area contributed by atoms with E-state index in [1.807, 2.05) is 0 Å². The van der Waals surface area contributed by atoms with Gasteiger partial charge in [-0.15, -0.1) is 0 Å². The second-order valence-corrected chi connectivity index (χ2v) is 1.73. The van der Waals surface area contributed by atoms with Crippen LogP contribution in [0.2, 0.25) is 0 Å². The Morgan fingerprint density at radius 1 is 1.07 bits per heavy atom. The Bertz CT molecular complexity index is 148. The zero-order valence-electron chi connectivity index (χ0n) is 8.40. The Balaban J connectivity index is -0.0000000522. The molecule has 0 unspecified atom stereocenters. The summed E-state index contributed by atoms with van der Waals surface area (Å²) in [6.07, 6.45) is 0.222. The van der Waals surface area contributed by atoms with Gasteiger partial charge in [0.25, 0.3) is 0 Å². The van der Waals surface area contributed by atoms with E-state index in [2.05, 4.69) is 0 Å². The van der Waals surface area contributed by atoms with Crippen LogP contribution in [0.25, 0.3) is 0 Å². The van der Waals surface area contributed by atoms with Crippen LogP contribution in [-0.4, -0.2) is 60.8 Å². The first kappa shape index (κ1) is 23.5. The molecule has 0 saturated heterocycles. The van der Waals surface area contributed by atoms with E-state index in [9.17, 15) is 4.79 Å². The van der Waals surface area contributed by atoms with Crippen LogP contribution in [0.4, 0.5) is 0 Å². The minimum absolute atomic E-state index is 0. The second kappa shape index (κ2) is 18.5. The Morgan fingerprint density at radius 3 is 1.14 bits per heavy atom. The van der Waals surface area contributed by atoms with Gasteiger partial charge in [0.2, 0.25) is 0 Å². The van der Waals surface area contributed by atoms with E-state index in [0.29, 0.717) is 0 Å². The maximum absolute atomic E-state index is 9.37. The molecule has 7 heteroatoms. The first-order chi connectivity index (χ1) is 5.73. The molecule has 1 N–H and O–H groups in total. The van der Waals surface area contributed by atoms with Crippen LogP contribution in [0.3, 0.4) is 0 Å². The summed E-state index contributed by atoms with van der Waals surface area (Å²) in [7, 11) is 0. The Morgan fingerprint density at radius 2 is 1.14 bits per heavy atom. The third kappa shape index (κ3) is 477. The molecule has 0 aromatic carbocycles. The van der Waals surface area contributed by atoms with Gasteiger partial charge in [-0.2, -0.15) is 0 Å². The minimum Gasteiger partial charge on any atom is -0.550 e. The first-order valence-electron chi connectivity index (χ1n) is 3.30. The molecule has 0 aromatic rings. The van der Waals surface area contributed by atoms with Gasteiger partial charge in [-0.3, -0.25) is 4.79 Å². The van der Waals surface area contributed by atoms with Crippen LogP contribution >= 0.6 is 0 Å². The van der Waals surface area contributed by atoms with Gasteiger partial charge in [0.05, 0.1) is 0 Å². The number of hydrogen-bond acceptors (Lipinski definition) is 5. The fraction of sp³-hybridized carbons (Fsp3) is 0.571. The summed E-state index contributed by atoms with van der Waals surface area (Å²) in [5.41, 5.74) is 0. The fourth-order valence-electron chi connectivity index (χ4n) is 0. The molecule has 0 saturated carbocycles. The molecular weight excluding hydrogens is 220 g/mol. The molecule has 0 aromatic heterocycles. The van der Waals surface area contributed by atoms with Crippen molar-refractivity contribution in [1.82, 2.24) is 0 Å². The van der Waals surface area contributed by atoms with Gasteiger partial charge >= 0.3 is 43.7 Å². The number of carboxylic acid groups (broad SMARTS) is 3. The molecule has 0 aliphatic carbocycles. The summed E-state index contributed by atoms with van der Waals surface area (Å²) in [5, 5.41) is 25.5. The van der Waals surface area contributed by atoms with Gasteiger partial charge in [0.1, 0.15) is 0 Å². The largest absolute Gasteiger partial charge is 2.00 e. The molecule has 14 heavy (non-hydrogen) atoms. The van der Waals surface area contributed by atoms with Crippen molar-refractivity contribution >= 4 is 55.6 Å². The van der Waals surface area contributed by atoms with Gasteiger partial charge in [0, 0.05) is 18.4 Å². The van der Waals surface area contributed by atoms with Crippen molar-refractivity contribution in [2.24, 2.45) is 0 Å². The number of hydrogen-bond donors (Lipinski definition) is 1. The number of carboxylic acids is 3. The number of aliphatic carboxylic acids is 3. The molecule has 0 rings (SSSR count). The predicted octanol–water partition coefficient (Wildman–Crippen LogP) is -2.39. The summed E-state index contributed by atoms with van der Waals surface area (Å²) in [4.78, 5) is 27.1. The van der Waals surface area contributed by atoms with E-state index in [1.54, 1.807) is 6.92 Å². The van der Waals surface area contributed by atoms with E-state index in [4.69, 9.17) is 24.9 Å². The smallest absolute Gasteiger partial charge is 0.550 e. The van der Waals surface area contributed by atoms with E-state index >= 15 is 0 Å². The van der Waals surface area contributed by atoms with Crippen molar-refractivity contribution in [3.63, 3.8) is 0 Å². The van der Waals surface area contributed by atoms with Crippen LogP contribution in [0.5, 0.6) is 0 Å². The third-order valence-corrected chi connectivity index (χ3v) is 0.302. The molecule has 0 aliphatic heterocycles. The first-order valence-corrected chi connectivity index (χ1v) is 3.30. The fourth-order valence-corrected chi connectivity index (χ4v) is 0. The topological polar surface area (TPSA) is 118 Å². The SMILES string of the molecule is CC(=O)[O-].CC(=O)[O-].CCC(=O)O.[Ca+2]. The van der Waals surface area contributed by atoms with Crippen molar-refractivity contribution in [2.45, 2.75) is 27.2 Å². The number of carbonyl (C=O) groups is 3. The molecule has 6 nitrogen and oxygen atoms in total. The summed E-state index contributed by atoms with van der Waals surface area (Å²) in [6.45, 7) is 3.54. The van der Waals surface area contributed by atoms with E-state index in [0.717, 1.165) is 13.8 Å². The van der Waals surface area contributed by atoms with Gasteiger partial charge in [-0.05, 0) is 13.8 Å². The Labute approximate surface area is 112 Å². The van der Waals surface area contributed by atoms with Crippen molar-refractivity contribution < 1.29 is 29.7 Å². The van der Waals surface area contributed by atoms with E-state index in [1.165, 1.54) is 0 Å². The molecule has 0 bridgehead atoms. The van der Waals surface area contributed by atoms with Crippen molar-refractivity contribution in [2.75, 3.05) is 0 Å². The Kier molecular flexibility index (Phi) is 30.9. The molecular formula is C7H12CaO6. The Hall–Kier alpha value is -0.330. The normalized spacial score (nSPS) is 6.21. The monoisotopic (exact) mass is 232 g/mol. The van der Waals surface area contributed by atoms with Gasteiger partial charge < -0.3 is 24.9 Å². The molecule has 0 radical (unpaired) electrons. The molecule has 0 fully saturated rings. The van der Waals surface area contributed by atoms with E-state index < -0.39 is 17.9 Å². The second-order valence-electron chi connectivity index (χ2n) is 1.73. The quantitative estimate of drug-likeness (QED) is 0.504. The number of rotatable bonds is 1. The minimum atomic E-state index is -1.08. The number of carbonyl (C=O) groups excluding carboxylic acids is 2. The molecule has 0 amide bonds. The van der Waals surface area contributed by atoms with E-state index in [-0.39, 0.29) is 44.2 Å². The predicted molar refractivity (Wildman–Crippen MR) is 45.0 cm³/mol. The van der Waals surface area contributed by atoms with Crippen molar-refractivity contribution in [3.05, 3.63) is 0 Å². The molecule has 0 heterocycles. The molecule has 0 atom stereocenters. The average molecular weight is 232 g/mol. The standard InChI is InChI=1S/C3H6O2.2C2H4O2.Ca/c1-2-3(4)5;2*1-2(3)4;/h2H2,1H3,(H,4,5);2*1H3,(H,3,4);/q;;;+2/p-2. The summed E-state index contributed by atoms with van der Waals surface area (Å²) >= 11 is 0. The third-order valence-electron chi connectivity index (χ3n) is 0.302. The van der Waals surface area contributed by atoms with Crippen LogP contribution in [-0.2, 0) is 14.4 Å². The van der Waals surface area contributed by atoms with Crippen LogP contribution in [0, 0.1) is 0 Å². The van der Waals surface area contributed by atoms with Gasteiger partial charge in [-0.25, -0.2) is 0 Å². The summed E-state index contributed by atoms with van der Waals surface area (Å²) in [5.74, 6) is -2.91. The average Bonchev–Trinajstić information content (AvgIpc) is 1.84. The van der Waals surface area contributed by atoms with Crippen molar-refractivity contribution in [3.8, 4) is 0 Å². The van der Waals surface area contributed by atoms with Crippen molar-refractivity contribution in [1.29, 1.82) is 0 Å². The van der Waals surface area contributed by atoms with Gasteiger partial charge in [0.15, 0.2) is 0 Å². The zero-order chi connectivity index (χ0) is 11.4. The molecule has 0 spiro atoms. The van der Waals surface area contributed by atoms with Crippen LogP contribution < -0.4 is 10.2 Å². The zero-order valence-corrected chi connectivity index (χ0v) is 10.6. The maximum atomic E-state index is 9.37. The summed E-state index contributed by atoms with van der Waals surface area (Å²) in [6, 6.07) is 0. The molecule has 0 aliphatic rings. The van der Waals surface area contributed by atoms with Crippen LogP contribution in [0.1, 0.15) is 27.2 Å².